The molecule has 170 valence electrons. The van der Waals surface area contributed by atoms with Gasteiger partial charge in [-0.2, -0.15) is 0 Å². The molecule has 2 aliphatic carbocycles. The molecule has 3 unspecified atom stereocenters. The highest BCUT2D eigenvalue weighted by Crippen LogP contribution is 2.47. The number of carbonyl (C=O) groups is 2. The number of rotatable bonds is 10. The molecule has 0 radical (unpaired) electrons. The summed E-state index contributed by atoms with van der Waals surface area (Å²) in [5, 5.41) is 9.02. The van der Waals surface area contributed by atoms with Crippen LogP contribution >= 0.6 is 0 Å². The summed E-state index contributed by atoms with van der Waals surface area (Å²) in [4.78, 5) is 25.4. The van der Waals surface area contributed by atoms with Crippen LogP contribution in [0.4, 0.5) is 11.4 Å². The van der Waals surface area contributed by atoms with E-state index in [4.69, 9.17) is 4.74 Å². The van der Waals surface area contributed by atoms with Gasteiger partial charge in [-0.1, -0.05) is 42.5 Å². The molecule has 0 heterocycles. The fraction of sp³-hybridized carbons (Fsp3) is 0.259. The number of allylic oxidation sites excluding steroid dienone is 3. The normalized spacial score (nSPS) is 19.1. The lowest BCUT2D eigenvalue weighted by Crippen LogP contribution is -2.26. The Kier molecular flexibility index (Phi) is 7.17. The molecule has 0 aromatic heterocycles. The van der Waals surface area contributed by atoms with Crippen LogP contribution in [0.15, 0.2) is 85.0 Å². The predicted molar refractivity (Wildman–Crippen MR) is 131 cm³/mol. The molecule has 1 fully saturated rings. The number of hydrogen-bond donors (Lipinski definition) is 3. The van der Waals surface area contributed by atoms with E-state index in [9.17, 15) is 9.59 Å². The van der Waals surface area contributed by atoms with Crippen molar-refractivity contribution in [1.82, 2.24) is 5.32 Å². The lowest BCUT2D eigenvalue weighted by atomic mass is 10.0. The Morgan fingerprint density at radius 3 is 2.67 bits per heavy atom. The molecule has 0 saturated heterocycles. The van der Waals surface area contributed by atoms with Crippen LogP contribution < -0.4 is 16.0 Å². The summed E-state index contributed by atoms with van der Waals surface area (Å²) >= 11 is 0. The summed E-state index contributed by atoms with van der Waals surface area (Å²) in [7, 11) is 0. The molecule has 0 aliphatic heterocycles. The lowest BCUT2D eigenvalue weighted by Gasteiger charge is -2.12. The summed E-state index contributed by atoms with van der Waals surface area (Å²) in [6, 6.07) is 14.7. The van der Waals surface area contributed by atoms with E-state index in [1.165, 1.54) is 0 Å². The number of amides is 2. The number of nitrogens with one attached hydrogen (secondary N) is 3. The van der Waals surface area contributed by atoms with Crippen LogP contribution in [0.2, 0.25) is 0 Å². The molecule has 2 amide bonds. The van der Waals surface area contributed by atoms with Gasteiger partial charge in [0.25, 0.3) is 11.8 Å². The van der Waals surface area contributed by atoms with Crippen molar-refractivity contribution >= 4 is 23.2 Å². The smallest absolute Gasteiger partial charge is 0.255 e. The minimum Gasteiger partial charge on any atom is -0.362 e. The van der Waals surface area contributed by atoms with Crippen LogP contribution in [0.5, 0.6) is 0 Å². The summed E-state index contributed by atoms with van der Waals surface area (Å²) in [6.07, 6.45) is 8.85. The number of benzene rings is 2. The molecule has 6 nitrogen and oxygen atoms in total. The van der Waals surface area contributed by atoms with E-state index < -0.39 is 0 Å². The summed E-state index contributed by atoms with van der Waals surface area (Å²) in [6.45, 7) is 6.51. The molecular weight excluding hydrogens is 414 g/mol. The van der Waals surface area contributed by atoms with Gasteiger partial charge in [-0.05, 0) is 61.1 Å². The van der Waals surface area contributed by atoms with E-state index in [-0.39, 0.29) is 17.9 Å². The van der Waals surface area contributed by atoms with Crippen LogP contribution in [0.25, 0.3) is 0 Å². The second-order valence-electron chi connectivity index (χ2n) is 8.42. The first-order valence-electron chi connectivity index (χ1n) is 11.2. The molecule has 3 atom stereocenters. The maximum absolute atomic E-state index is 12.8. The third-order valence-corrected chi connectivity index (χ3v) is 5.83. The van der Waals surface area contributed by atoms with Crippen molar-refractivity contribution in [1.29, 1.82) is 0 Å². The van der Waals surface area contributed by atoms with E-state index in [0.29, 0.717) is 42.1 Å². The highest BCUT2D eigenvalue weighted by molar-refractivity contribution is 6.06. The molecule has 0 bridgehead atoms. The summed E-state index contributed by atoms with van der Waals surface area (Å²) in [5.74, 6) is 0.546. The van der Waals surface area contributed by atoms with Crippen LogP contribution in [0, 0.1) is 11.8 Å². The van der Waals surface area contributed by atoms with Gasteiger partial charge in [0.05, 0.1) is 13.3 Å². The zero-order valence-electron chi connectivity index (χ0n) is 18.7. The van der Waals surface area contributed by atoms with E-state index in [2.05, 4.69) is 28.6 Å². The van der Waals surface area contributed by atoms with Crippen molar-refractivity contribution in [2.75, 3.05) is 17.4 Å². The van der Waals surface area contributed by atoms with Gasteiger partial charge in [0.2, 0.25) is 0 Å². The Hall–Kier alpha value is -3.48. The minimum absolute atomic E-state index is 0.0833. The van der Waals surface area contributed by atoms with Gasteiger partial charge < -0.3 is 15.4 Å². The van der Waals surface area contributed by atoms with Gasteiger partial charge in [0.1, 0.15) is 0 Å². The zero-order valence-corrected chi connectivity index (χ0v) is 18.7. The second-order valence-corrected chi connectivity index (χ2v) is 8.42. The maximum atomic E-state index is 12.8. The van der Waals surface area contributed by atoms with E-state index in [1.54, 1.807) is 18.2 Å². The van der Waals surface area contributed by atoms with Crippen molar-refractivity contribution in [2.24, 2.45) is 11.8 Å². The zero-order chi connectivity index (χ0) is 23.2. The highest BCUT2D eigenvalue weighted by atomic mass is 16.5. The van der Waals surface area contributed by atoms with Crippen molar-refractivity contribution < 1.29 is 14.3 Å². The Morgan fingerprint density at radius 2 is 1.88 bits per heavy atom. The number of hydrogen-bond acceptors (Lipinski definition) is 4. The van der Waals surface area contributed by atoms with E-state index in [1.807, 2.05) is 55.5 Å². The molecule has 1 saturated carbocycles. The van der Waals surface area contributed by atoms with Gasteiger partial charge in [-0.25, -0.2) is 0 Å². The van der Waals surface area contributed by atoms with Gasteiger partial charge in [-0.3, -0.25) is 14.9 Å². The standard InChI is InChI=1S/C27H29N3O3/c1-3-18(2)28-17-33-16-19-7-4-9-21(13-19)26(31)29-22-10-6-11-23(15-22)30-27(32)24-12-5-8-20-14-25(20)24/h3-13,15,18,20,25,28H,1,14,16-17H2,2H3,(H,29,31)(H,30,32). The van der Waals surface area contributed by atoms with Crippen LogP contribution in [-0.4, -0.2) is 24.6 Å². The lowest BCUT2D eigenvalue weighted by molar-refractivity contribution is -0.113. The molecule has 0 spiro atoms. The van der Waals surface area contributed by atoms with Crippen LogP contribution in [0.3, 0.4) is 0 Å². The molecule has 33 heavy (non-hydrogen) atoms. The number of ether oxygens (including phenoxy) is 1. The monoisotopic (exact) mass is 443 g/mol. The third-order valence-electron chi connectivity index (χ3n) is 5.83. The fourth-order valence-corrected chi connectivity index (χ4v) is 3.78. The third kappa shape index (κ3) is 6.06. The Balaban J connectivity index is 1.33. The van der Waals surface area contributed by atoms with Gasteiger partial charge in [0.15, 0.2) is 0 Å². The molecule has 6 heteroatoms. The average Bonchev–Trinajstić information content (AvgIpc) is 3.62. The average molecular weight is 444 g/mol. The summed E-state index contributed by atoms with van der Waals surface area (Å²) < 4.78 is 5.62. The van der Waals surface area contributed by atoms with Crippen LogP contribution in [-0.2, 0) is 16.1 Å². The van der Waals surface area contributed by atoms with Gasteiger partial charge >= 0.3 is 0 Å². The molecule has 3 N–H and O–H groups in total. The molecule has 4 rings (SSSR count). The first-order chi connectivity index (χ1) is 16.0. The summed E-state index contributed by atoms with van der Waals surface area (Å²) in [5.41, 5.74) is 3.53. The Bertz CT molecular complexity index is 1110. The highest BCUT2D eigenvalue weighted by Gasteiger charge is 2.41. The largest absolute Gasteiger partial charge is 0.362 e. The molecular formula is C27H29N3O3. The molecule has 2 aromatic carbocycles. The van der Waals surface area contributed by atoms with Crippen molar-refractivity contribution in [2.45, 2.75) is 26.0 Å². The molecule has 2 aliphatic rings. The molecule has 2 aromatic rings. The quantitative estimate of drug-likeness (QED) is 0.284. The van der Waals surface area contributed by atoms with Crippen molar-refractivity contribution in [3.05, 3.63) is 96.1 Å². The Labute approximate surface area is 194 Å². The maximum Gasteiger partial charge on any atom is 0.255 e. The minimum atomic E-state index is -0.223. The van der Waals surface area contributed by atoms with Crippen LogP contribution in [0.1, 0.15) is 29.3 Å². The van der Waals surface area contributed by atoms with E-state index >= 15 is 0 Å². The van der Waals surface area contributed by atoms with Crippen molar-refractivity contribution in [3.63, 3.8) is 0 Å². The van der Waals surface area contributed by atoms with Gasteiger partial charge in [0, 0.05) is 28.6 Å². The first-order valence-corrected chi connectivity index (χ1v) is 11.2. The van der Waals surface area contributed by atoms with Crippen molar-refractivity contribution in [3.8, 4) is 0 Å². The van der Waals surface area contributed by atoms with Gasteiger partial charge in [-0.15, -0.1) is 6.58 Å². The van der Waals surface area contributed by atoms with E-state index in [0.717, 1.165) is 17.6 Å². The first kappa shape index (κ1) is 22.7. The number of anilines is 2. The SMILES string of the molecule is C=CC(C)NCOCc1cccc(C(=O)Nc2cccc(NC(=O)C3=CC=CC4CC34)c2)c1. The topological polar surface area (TPSA) is 79.5 Å². The number of fused-ring (bicyclic) bond motifs is 1. The number of carbonyl (C=O) groups excluding carboxylic acids is 2. The fourth-order valence-electron chi connectivity index (χ4n) is 3.78. The second kappa shape index (κ2) is 10.4. The Morgan fingerprint density at radius 1 is 1.12 bits per heavy atom. The predicted octanol–water partition coefficient (Wildman–Crippen LogP) is 4.65.